The van der Waals surface area contributed by atoms with Gasteiger partial charge in [0.1, 0.15) is 0 Å². The molecule has 108 valence electrons. The summed E-state index contributed by atoms with van der Waals surface area (Å²) < 4.78 is 1.87. The second kappa shape index (κ2) is 5.30. The van der Waals surface area contributed by atoms with Crippen LogP contribution < -0.4 is 0 Å². The van der Waals surface area contributed by atoms with Crippen LogP contribution in [0.15, 0.2) is 42.5 Å². The summed E-state index contributed by atoms with van der Waals surface area (Å²) >= 11 is 0. The molecule has 4 nitrogen and oxygen atoms in total. The Bertz CT molecular complexity index is 686. The summed E-state index contributed by atoms with van der Waals surface area (Å²) in [5, 5.41) is 0. The topological polar surface area (TPSA) is 42.3 Å². The van der Waals surface area contributed by atoms with E-state index in [4.69, 9.17) is 0 Å². The van der Waals surface area contributed by atoms with Crippen molar-refractivity contribution in [3.63, 3.8) is 0 Å². The molecule has 0 radical (unpaired) electrons. The van der Waals surface area contributed by atoms with Crippen LogP contribution in [0.3, 0.4) is 0 Å². The first-order valence-electron chi connectivity index (χ1n) is 7.06. The minimum Gasteiger partial charge on any atom is -0.335 e. The van der Waals surface area contributed by atoms with Crippen LogP contribution >= 0.6 is 0 Å². The molecule has 1 atom stereocenters. The molecular formula is C17H18N2O2. The molecule has 4 heteroatoms. The van der Waals surface area contributed by atoms with Crippen molar-refractivity contribution in [3.8, 4) is 0 Å². The van der Waals surface area contributed by atoms with Gasteiger partial charge in [0, 0.05) is 18.7 Å². The van der Waals surface area contributed by atoms with E-state index >= 15 is 0 Å². The molecule has 21 heavy (non-hydrogen) atoms. The van der Waals surface area contributed by atoms with Crippen molar-refractivity contribution in [1.29, 1.82) is 0 Å². The fraction of sp³-hybridized carbons (Fsp3) is 0.294. The molecule has 0 bridgehead atoms. The second-order valence-corrected chi connectivity index (χ2v) is 5.73. The van der Waals surface area contributed by atoms with Crippen molar-refractivity contribution in [1.82, 2.24) is 9.47 Å². The van der Waals surface area contributed by atoms with Crippen molar-refractivity contribution in [3.05, 3.63) is 59.4 Å². The maximum absolute atomic E-state index is 12.6. The SMILES string of the molecule is CN(C)CC1Cn2c(C(=O)c3ccccc3)ccc2C1=O. The summed E-state index contributed by atoms with van der Waals surface area (Å²) in [7, 11) is 3.91. The fourth-order valence-electron chi connectivity index (χ4n) is 2.91. The second-order valence-electron chi connectivity index (χ2n) is 5.73. The van der Waals surface area contributed by atoms with Gasteiger partial charge >= 0.3 is 0 Å². The van der Waals surface area contributed by atoms with Gasteiger partial charge in [-0.15, -0.1) is 0 Å². The van der Waals surface area contributed by atoms with Crippen LogP contribution in [0.4, 0.5) is 0 Å². The molecule has 1 unspecified atom stereocenters. The molecule has 0 saturated heterocycles. The van der Waals surface area contributed by atoms with Crippen molar-refractivity contribution in [2.24, 2.45) is 5.92 Å². The summed E-state index contributed by atoms with van der Waals surface area (Å²) in [6.07, 6.45) is 0. The lowest BCUT2D eigenvalue weighted by molar-refractivity contribution is 0.0914. The number of rotatable bonds is 4. The van der Waals surface area contributed by atoms with E-state index in [1.807, 2.05) is 41.8 Å². The Labute approximate surface area is 124 Å². The van der Waals surface area contributed by atoms with Gasteiger partial charge in [-0.3, -0.25) is 9.59 Å². The number of fused-ring (bicyclic) bond motifs is 1. The highest BCUT2D eigenvalue weighted by atomic mass is 16.1. The highest BCUT2D eigenvalue weighted by molar-refractivity contribution is 6.10. The van der Waals surface area contributed by atoms with Crippen LogP contribution in [0.1, 0.15) is 26.5 Å². The predicted molar refractivity (Wildman–Crippen MR) is 80.7 cm³/mol. The Morgan fingerprint density at radius 2 is 1.90 bits per heavy atom. The minimum absolute atomic E-state index is 0.0276. The molecule has 0 saturated carbocycles. The lowest BCUT2D eigenvalue weighted by Crippen LogP contribution is -2.26. The summed E-state index contributed by atoms with van der Waals surface area (Å²) in [6, 6.07) is 12.7. The predicted octanol–water partition coefficient (Wildman–Crippen LogP) is 2.09. The Kier molecular flexibility index (Phi) is 3.47. The Balaban J connectivity index is 1.91. The van der Waals surface area contributed by atoms with Crippen LogP contribution in [-0.4, -0.2) is 41.7 Å². The third kappa shape index (κ3) is 2.43. The van der Waals surface area contributed by atoms with E-state index in [9.17, 15) is 9.59 Å². The van der Waals surface area contributed by atoms with Gasteiger partial charge in [-0.2, -0.15) is 0 Å². The highest BCUT2D eigenvalue weighted by Crippen LogP contribution is 2.25. The van der Waals surface area contributed by atoms with Crippen LogP contribution in [0.25, 0.3) is 0 Å². The summed E-state index contributed by atoms with van der Waals surface area (Å²) in [5.74, 6) is 0.0505. The molecule has 0 spiro atoms. The summed E-state index contributed by atoms with van der Waals surface area (Å²) in [4.78, 5) is 26.9. The van der Waals surface area contributed by atoms with E-state index in [0.717, 1.165) is 0 Å². The van der Waals surface area contributed by atoms with E-state index in [-0.39, 0.29) is 17.5 Å². The zero-order valence-corrected chi connectivity index (χ0v) is 12.2. The van der Waals surface area contributed by atoms with Crippen molar-refractivity contribution in [2.75, 3.05) is 20.6 Å². The van der Waals surface area contributed by atoms with E-state index in [1.165, 1.54) is 0 Å². The maximum atomic E-state index is 12.6. The zero-order chi connectivity index (χ0) is 15.0. The van der Waals surface area contributed by atoms with Crippen molar-refractivity contribution < 1.29 is 9.59 Å². The lowest BCUT2D eigenvalue weighted by atomic mass is 10.0. The first-order valence-corrected chi connectivity index (χ1v) is 7.06. The van der Waals surface area contributed by atoms with Crippen molar-refractivity contribution in [2.45, 2.75) is 6.54 Å². The monoisotopic (exact) mass is 282 g/mol. The number of ketones is 2. The third-order valence-electron chi connectivity index (χ3n) is 3.86. The molecule has 1 aromatic carbocycles. The van der Waals surface area contributed by atoms with Gasteiger partial charge in [0.25, 0.3) is 0 Å². The number of carbonyl (C=O) groups excluding carboxylic acids is 2. The van der Waals surface area contributed by atoms with Crippen LogP contribution in [0, 0.1) is 5.92 Å². The van der Waals surface area contributed by atoms with Crippen LogP contribution in [0.5, 0.6) is 0 Å². The Morgan fingerprint density at radius 1 is 1.19 bits per heavy atom. The standard InChI is InChI=1S/C17H18N2O2/c1-18(2)10-13-11-19-14(8-9-15(19)17(13)21)16(20)12-6-4-3-5-7-12/h3-9,13H,10-11H2,1-2H3. The number of carbonyl (C=O) groups is 2. The van der Waals surface area contributed by atoms with Crippen LogP contribution in [0.2, 0.25) is 0 Å². The number of Topliss-reactive ketones (excluding diaryl/α,β-unsaturated/α-hetero) is 1. The van der Waals surface area contributed by atoms with Crippen LogP contribution in [-0.2, 0) is 6.54 Å². The number of benzene rings is 1. The average molecular weight is 282 g/mol. The number of hydrogen-bond acceptors (Lipinski definition) is 3. The van der Waals surface area contributed by atoms with Gasteiger partial charge < -0.3 is 9.47 Å². The number of aromatic nitrogens is 1. The molecule has 3 rings (SSSR count). The fourth-order valence-corrected chi connectivity index (χ4v) is 2.91. The molecule has 0 aliphatic carbocycles. The molecule has 2 aromatic rings. The number of nitrogens with zero attached hydrogens (tertiary/aromatic N) is 2. The Morgan fingerprint density at radius 3 is 2.57 bits per heavy atom. The maximum Gasteiger partial charge on any atom is 0.209 e. The van der Waals surface area contributed by atoms with Gasteiger partial charge in [0.05, 0.1) is 17.3 Å². The quantitative estimate of drug-likeness (QED) is 0.806. The lowest BCUT2D eigenvalue weighted by Gasteiger charge is -2.14. The molecule has 0 fully saturated rings. The molecule has 1 aromatic heterocycles. The van der Waals surface area contributed by atoms with E-state index in [2.05, 4.69) is 0 Å². The molecule has 0 amide bonds. The normalized spacial score (nSPS) is 17.3. The smallest absolute Gasteiger partial charge is 0.209 e. The molecular weight excluding hydrogens is 264 g/mol. The van der Waals surface area contributed by atoms with E-state index < -0.39 is 0 Å². The highest BCUT2D eigenvalue weighted by Gasteiger charge is 2.33. The van der Waals surface area contributed by atoms with Gasteiger partial charge in [0.2, 0.25) is 5.78 Å². The third-order valence-corrected chi connectivity index (χ3v) is 3.86. The average Bonchev–Trinajstić information content (AvgIpc) is 3.00. The summed E-state index contributed by atoms with van der Waals surface area (Å²) in [6.45, 7) is 1.30. The van der Waals surface area contributed by atoms with Gasteiger partial charge in [-0.25, -0.2) is 0 Å². The first-order chi connectivity index (χ1) is 10.1. The summed E-state index contributed by atoms with van der Waals surface area (Å²) in [5.41, 5.74) is 1.91. The first kappa shape index (κ1) is 13.8. The van der Waals surface area contributed by atoms with E-state index in [0.29, 0.717) is 30.0 Å². The largest absolute Gasteiger partial charge is 0.335 e. The van der Waals surface area contributed by atoms with E-state index in [1.54, 1.807) is 24.3 Å². The molecule has 2 heterocycles. The van der Waals surface area contributed by atoms with Gasteiger partial charge in [-0.1, -0.05) is 30.3 Å². The Hall–Kier alpha value is -2.20. The molecule has 0 N–H and O–H groups in total. The minimum atomic E-state index is -0.0569. The van der Waals surface area contributed by atoms with Crippen molar-refractivity contribution >= 4 is 11.6 Å². The van der Waals surface area contributed by atoms with Gasteiger partial charge in [0.15, 0.2) is 5.78 Å². The zero-order valence-electron chi connectivity index (χ0n) is 12.2. The van der Waals surface area contributed by atoms with Gasteiger partial charge in [-0.05, 0) is 26.2 Å². The molecule has 1 aliphatic heterocycles. The number of hydrogen-bond donors (Lipinski definition) is 0. The molecule has 1 aliphatic rings.